The number of carbonyl (C=O) groups is 2. The van der Waals surface area contributed by atoms with Crippen LogP contribution in [0, 0.1) is 11.3 Å². The van der Waals surface area contributed by atoms with Crippen LogP contribution in [-0.2, 0) is 9.53 Å². The van der Waals surface area contributed by atoms with E-state index in [1.165, 1.54) is 20.1 Å². The highest BCUT2D eigenvalue weighted by molar-refractivity contribution is 9.10. The monoisotopic (exact) mass is 408 g/mol. The second-order valence-electron chi connectivity index (χ2n) is 6.14. The van der Waals surface area contributed by atoms with E-state index in [1.54, 1.807) is 12.1 Å². The molecule has 7 heteroatoms. The molecule has 1 atom stereocenters. The van der Waals surface area contributed by atoms with Gasteiger partial charge in [-0.15, -0.1) is 0 Å². The Bertz CT molecular complexity index is 693. The molecule has 134 valence electrons. The SMILES string of the molecule is COc1ccc(Br)c(C(=O)O[C@@H](C)C(=O)NC2(C#N)CCCCC2)c1. The van der Waals surface area contributed by atoms with Crippen LogP contribution in [0.15, 0.2) is 22.7 Å². The Balaban J connectivity index is 2.03. The third-order valence-corrected chi connectivity index (χ3v) is 5.02. The Hall–Kier alpha value is -2.07. The van der Waals surface area contributed by atoms with Crippen molar-refractivity contribution in [1.29, 1.82) is 5.26 Å². The number of ether oxygens (including phenoxy) is 2. The summed E-state index contributed by atoms with van der Waals surface area (Å²) in [7, 11) is 1.50. The number of esters is 1. The Morgan fingerprint density at radius 1 is 1.32 bits per heavy atom. The van der Waals surface area contributed by atoms with Crippen molar-refractivity contribution < 1.29 is 19.1 Å². The molecule has 0 unspecified atom stereocenters. The van der Waals surface area contributed by atoms with Gasteiger partial charge < -0.3 is 14.8 Å². The number of benzene rings is 1. The van der Waals surface area contributed by atoms with Crippen molar-refractivity contribution in [2.75, 3.05) is 7.11 Å². The Kier molecular flexibility index (Phi) is 6.43. The zero-order valence-electron chi connectivity index (χ0n) is 14.3. The van der Waals surface area contributed by atoms with Gasteiger partial charge in [-0.1, -0.05) is 19.3 Å². The van der Waals surface area contributed by atoms with Gasteiger partial charge in [0.05, 0.1) is 18.7 Å². The van der Waals surface area contributed by atoms with Crippen LogP contribution in [0.2, 0.25) is 0 Å². The van der Waals surface area contributed by atoms with E-state index in [0.717, 1.165) is 19.3 Å². The molecule has 1 amide bonds. The summed E-state index contributed by atoms with van der Waals surface area (Å²) in [6, 6.07) is 7.13. The summed E-state index contributed by atoms with van der Waals surface area (Å²) in [6.45, 7) is 1.50. The first-order chi connectivity index (χ1) is 11.9. The fourth-order valence-corrected chi connectivity index (χ4v) is 3.23. The van der Waals surface area contributed by atoms with Gasteiger partial charge >= 0.3 is 5.97 Å². The fourth-order valence-electron chi connectivity index (χ4n) is 2.82. The van der Waals surface area contributed by atoms with Gasteiger partial charge in [0.25, 0.3) is 5.91 Å². The number of hydrogen-bond donors (Lipinski definition) is 1. The van der Waals surface area contributed by atoms with Crippen LogP contribution >= 0.6 is 15.9 Å². The number of halogens is 1. The van der Waals surface area contributed by atoms with Crippen molar-refractivity contribution in [3.63, 3.8) is 0 Å². The summed E-state index contributed by atoms with van der Waals surface area (Å²) in [5.41, 5.74) is -0.585. The summed E-state index contributed by atoms with van der Waals surface area (Å²) < 4.78 is 10.9. The van der Waals surface area contributed by atoms with Gasteiger partial charge in [-0.25, -0.2) is 4.79 Å². The van der Waals surface area contributed by atoms with Crippen LogP contribution < -0.4 is 10.1 Å². The molecule has 0 bridgehead atoms. The minimum atomic E-state index is -1.00. The van der Waals surface area contributed by atoms with Crippen LogP contribution in [0.1, 0.15) is 49.4 Å². The molecule has 1 aromatic carbocycles. The van der Waals surface area contributed by atoms with Crippen LogP contribution in [0.5, 0.6) is 5.75 Å². The molecule has 1 saturated carbocycles. The molecule has 1 N–H and O–H groups in total. The van der Waals surface area contributed by atoms with Crippen molar-refractivity contribution in [3.8, 4) is 11.8 Å². The zero-order valence-corrected chi connectivity index (χ0v) is 15.9. The molecular formula is C18H21BrN2O4. The molecule has 0 radical (unpaired) electrons. The number of nitrogens with one attached hydrogen (secondary N) is 1. The van der Waals surface area contributed by atoms with Gasteiger partial charge in [0.2, 0.25) is 0 Å². The standard InChI is InChI=1S/C18H21BrN2O4/c1-12(16(22)21-18(11-20)8-4-3-5-9-18)25-17(23)14-10-13(24-2)6-7-15(14)19/h6-7,10,12H,3-5,8-9H2,1-2H3,(H,21,22)/t12-/m0/s1. The predicted molar refractivity (Wildman–Crippen MR) is 95.1 cm³/mol. The van der Waals surface area contributed by atoms with Crippen LogP contribution in [0.25, 0.3) is 0 Å². The molecule has 1 aliphatic carbocycles. The largest absolute Gasteiger partial charge is 0.497 e. The number of nitriles is 1. The lowest BCUT2D eigenvalue weighted by atomic mass is 9.83. The molecule has 0 aliphatic heterocycles. The number of amides is 1. The van der Waals surface area contributed by atoms with E-state index < -0.39 is 23.5 Å². The average molecular weight is 409 g/mol. The third-order valence-electron chi connectivity index (χ3n) is 4.33. The van der Waals surface area contributed by atoms with E-state index in [0.29, 0.717) is 23.1 Å². The molecule has 1 fully saturated rings. The normalized spacial score (nSPS) is 17.0. The maximum Gasteiger partial charge on any atom is 0.340 e. The molecule has 25 heavy (non-hydrogen) atoms. The van der Waals surface area contributed by atoms with Crippen LogP contribution in [0.4, 0.5) is 0 Å². The van der Waals surface area contributed by atoms with Gasteiger partial charge in [0.15, 0.2) is 6.10 Å². The van der Waals surface area contributed by atoms with Crippen molar-refractivity contribution in [3.05, 3.63) is 28.2 Å². The van der Waals surface area contributed by atoms with Gasteiger partial charge in [-0.3, -0.25) is 4.79 Å². The molecule has 1 aliphatic rings. The van der Waals surface area contributed by atoms with Gasteiger partial charge in [0.1, 0.15) is 11.3 Å². The summed E-state index contributed by atoms with van der Waals surface area (Å²) in [5.74, 6) is -0.586. The highest BCUT2D eigenvalue weighted by Crippen LogP contribution is 2.28. The summed E-state index contributed by atoms with van der Waals surface area (Å²) in [6.07, 6.45) is 3.11. The number of methoxy groups -OCH3 is 1. The Labute approximate surface area is 155 Å². The Morgan fingerprint density at radius 3 is 2.60 bits per heavy atom. The lowest BCUT2D eigenvalue weighted by Crippen LogP contribution is -2.52. The minimum absolute atomic E-state index is 0.270. The minimum Gasteiger partial charge on any atom is -0.497 e. The lowest BCUT2D eigenvalue weighted by Gasteiger charge is -2.32. The van der Waals surface area contributed by atoms with E-state index in [-0.39, 0.29) is 5.56 Å². The zero-order chi connectivity index (χ0) is 18.4. The van der Waals surface area contributed by atoms with E-state index in [1.807, 2.05) is 0 Å². The van der Waals surface area contributed by atoms with E-state index in [2.05, 4.69) is 27.3 Å². The number of carbonyl (C=O) groups excluding carboxylic acids is 2. The maximum absolute atomic E-state index is 12.4. The maximum atomic E-state index is 12.4. The summed E-state index contributed by atoms with van der Waals surface area (Å²) in [4.78, 5) is 24.7. The number of rotatable bonds is 5. The van der Waals surface area contributed by atoms with E-state index >= 15 is 0 Å². The van der Waals surface area contributed by atoms with Gasteiger partial charge in [-0.2, -0.15) is 5.26 Å². The first-order valence-corrected chi connectivity index (χ1v) is 8.98. The smallest absolute Gasteiger partial charge is 0.340 e. The quantitative estimate of drug-likeness (QED) is 0.754. The molecular weight excluding hydrogens is 388 g/mol. The highest BCUT2D eigenvalue weighted by Gasteiger charge is 2.35. The first-order valence-electron chi connectivity index (χ1n) is 8.18. The molecule has 0 spiro atoms. The van der Waals surface area contributed by atoms with Gasteiger partial charge in [-0.05, 0) is 53.9 Å². The first kappa shape index (κ1) is 19.3. The number of nitrogens with zero attached hydrogens (tertiary/aromatic N) is 1. The summed E-state index contributed by atoms with van der Waals surface area (Å²) >= 11 is 3.29. The fraction of sp³-hybridized carbons (Fsp3) is 0.500. The second kappa shape index (κ2) is 8.34. The molecule has 1 aromatic rings. The van der Waals surface area contributed by atoms with Crippen molar-refractivity contribution in [2.24, 2.45) is 0 Å². The van der Waals surface area contributed by atoms with E-state index in [4.69, 9.17) is 9.47 Å². The Morgan fingerprint density at radius 2 is 2.00 bits per heavy atom. The van der Waals surface area contributed by atoms with Crippen LogP contribution in [-0.4, -0.2) is 30.6 Å². The molecule has 0 heterocycles. The lowest BCUT2D eigenvalue weighted by molar-refractivity contribution is -0.130. The average Bonchev–Trinajstić information content (AvgIpc) is 2.62. The molecule has 0 aromatic heterocycles. The third kappa shape index (κ3) is 4.73. The molecule has 2 rings (SSSR count). The summed E-state index contributed by atoms with van der Waals surface area (Å²) in [5, 5.41) is 12.2. The van der Waals surface area contributed by atoms with Crippen molar-refractivity contribution in [2.45, 2.75) is 50.7 Å². The number of hydrogen-bond acceptors (Lipinski definition) is 5. The topological polar surface area (TPSA) is 88.4 Å². The molecule has 0 saturated heterocycles. The van der Waals surface area contributed by atoms with Crippen LogP contribution in [0.3, 0.4) is 0 Å². The predicted octanol–water partition coefficient (Wildman–Crippen LogP) is 3.35. The second-order valence-corrected chi connectivity index (χ2v) is 6.99. The highest BCUT2D eigenvalue weighted by atomic mass is 79.9. The van der Waals surface area contributed by atoms with Gasteiger partial charge in [0, 0.05) is 4.47 Å². The van der Waals surface area contributed by atoms with E-state index in [9.17, 15) is 14.9 Å². The van der Waals surface area contributed by atoms with Crippen molar-refractivity contribution in [1.82, 2.24) is 5.32 Å². The molecule has 6 nitrogen and oxygen atoms in total. The van der Waals surface area contributed by atoms with Crippen molar-refractivity contribution >= 4 is 27.8 Å².